The molecule has 180 valence electrons. The van der Waals surface area contributed by atoms with Gasteiger partial charge in [-0.3, -0.25) is 4.99 Å². The average molecular weight is 567 g/mol. The molecule has 1 aliphatic heterocycles. The Morgan fingerprint density at radius 2 is 1.76 bits per heavy atom. The van der Waals surface area contributed by atoms with E-state index in [1.165, 1.54) is 18.4 Å². The van der Waals surface area contributed by atoms with Crippen molar-refractivity contribution in [3.63, 3.8) is 0 Å². The molecule has 8 heteroatoms. The zero-order chi connectivity index (χ0) is 22.6. The Labute approximate surface area is 213 Å². The predicted octanol–water partition coefficient (Wildman–Crippen LogP) is 4.83. The summed E-state index contributed by atoms with van der Waals surface area (Å²) in [5.41, 5.74) is 2.06. The number of nitrogens with one attached hydrogen (secondary N) is 2. The third-order valence-corrected chi connectivity index (χ3v) is 6.48. The first-order valence-corrected chi connectivity index (χ1v) is 11.2. The summed E-state index contributed by atoms with van der Waals surface area (Å²) in [6, 6.07) is 12.3. The molecule has 33 heavy (non-hydrogen) atoms. The van der Waals surface area contributed by atoms with Crippen LogP contribution in [0.5, 0.6) is 23.0 Å². The third kappa shape index (κ3) is 5.26. The van der Waals surface area contributed by atoms with Gasteiger partial charge in [-0.2, -0.15) is 0 Å². The highest BCUT2D eigenvalue weighted by molar-refractivity contribution is 14.0. The number of hydrogen-bond donors (Lipinski definition) is 2. The SMILES string of the molecule is CN=C(NCc1ccc(OC)c(OC)c1OC)NC1CC2(CCCC2)Oc2ccccc21.I. The second kappa shape index (κ2) is 11.2. The number of nitrogens with zero attached hydrogens (tertiary/aromatic N) is 1. The lowest BCUT2D eigenvalue weighted by molar-refractivity contribution is 0.0396. The Balaban J connectivity index is 0.00000306. The molecule has 2 aromatic rings. The number of halogens is 1. The van der Waals surface area contributed by atoms with Crippen LogP contribution in [0.25, 0.3) is 0 Å². The Kier molecular flexibility index (Phi) is 8.56. The minimum absolute atomic E-state index is 0. The van der Waals surface area contributed by atoms with E-state index in [0.717, 1.165) is 36.5 Å². The first kappa shape index (κ1) is 25.3. The maximum absolute atomic E-state index is 6.49. The van der Waals surface area contributed by atoms with Crippen molar-refractivity contribution in [2.45, 2.75) is 50.3 Å². The van der Waals surface area contributed by atoms with E-state index in [4.69, 9.17) is 18.9 Å². The molecule has 1 heterocycles. The van der Waals surface area contributed by atoms with Gasteiger partial charge in [0.1, 0.15) is 11.4 Å². The van der Waals surface area contributed by atoms with Crippen molar-refractivity contribution in [1.29, 1.82) is 0 Å². The highest BCUT2D eigenvalue weighted by Crippen LogP contribution is 2.47. The van der Waals surface area contributed by atoms with Gasteiger partial charge in [0, 0.05) is 31.1 Å². The molecule has 1 aliphatic carbocycles. The van der Waals surface area contributed by atoms with Gasteiger partial charge in [0.25, 0.3) is 0 Å². The van der Waals surface area contributed by atoms with Crippen LogP contribution in [0.3, 0.4) is 0 Å². The molecule has 2 aliphatic rings. The monoisotopic (exact) mass is 567 g/mol. The lowest BCUT2D eigenvalue weighted by Gasteiger charge is -2.40. The molecule has 0 aromatic heterocycles. The van der Waals surface area contributed by atoms with E-state index in [2.05, 4.69) is 33.8 Å². The van der Waals surface area contributed by atoms with E-state index in [0.29, 0.717) is 23.8 Å². The summed E-state index contributed by atoms with van der Waals surface area (Å²) in [4.78, 5) is 4.47. The van der Waals surface area contributed by atoms with E-state index in [1.54, 1.807) is 28.4 Å². The Morgan fingerprint density at radius 1 is 1.03 bits per heavy atom. The third-order valence-electron chi connectivity index (χ3n) is 6.48. The molecule has 2 N–H and O–H groups in total. The molecule has 0 bridgehead atoms. The molecule has 0 amide bonds. The fourth-order valence-electron chi connectivity index (χ4n) is 4.91. The lowest BCUT2D eigenvalue weighted by Crippen LogP contribution is -2.46. The number of ether oxygens (including phenoxy) is 4. The summed E-state index contributed by atoms with van der Waals surface area (Å²) in [5.74, 6) is 3.58. The molecule has 0 radical (unpaired) electrons. The number of hydrogen-bond acceptors (Lipinski definition) is 5. The molecule has 0 saturated heterocycles. The normalized spacial score (nSPS) is 18.5. The Hall–Kier alpha value is -2.36. The minimum Gasteiger partial charge on any atom is -0.493 e. The maximum atomic E-state index is 6.49. The fourth-order valence-corrected chi connectivity index (χ4v) is 4.91. The maximum Gasteiger partial charge on any atom is 0.203 e. The van der Waals surface area contributed by atoms with Crippen LogP contribution in [0.15, 0.2) is 41.4 Å². The Bertz CT molecular complexity index is 976. The molecule has 1 atom stereocenters. The Morgan fingerprint density at radius 3 is 2.42 bits per heavy atom. The summed E-state index contributed by atoms with van der Waals surface area (Å²) in [6.07, 6.45) is 5.59. The van der Waals surface area contributed by atoms with Gasteiger partial charge in [0.15, 0.2) is 17.5 Å². The zero-order valence-corrected chi connectivity index (χ0v) is 22.1. The van der Waals surface area contributed by atoms with Crippen LogP contribution in [0, 0.1) is 0 Å². The number of guanidine groups is 1. The number of aliphatic imine (C=N–C) groups is 1. The van der Waals surface area contributed by atoms with E-state index in [9.17, 15) is 0 Å². The standard InChI is InChI=1S/C25H33N3O4.HI/c1-26-24(27-16-17-11-12-21(29-2)23(31-4)22(17)30-3)28-19-15-25(13-7-8-14-25)32-20-10-6-5-9-18(19)20;/h5-6,9-12,19H,7-8,13-16H2,1-4H3,(H2,26,27,28);1H. The van der Waals surface area contributed by atoms with Crippen molar-refractivity contribution in [3.8, 4) is 23.0 Å². The summed E-state index contributed by atoms with van der Waals surface area (Å²) in [7, 11) is 6.65. The lowest BCUT2D eigenvalue weighted by atomic mass is 9.86. The summed E-state index contributed by atoms with van der Waals surface area (Å²) < 4.78 is 23.0. The molecule has 7 nitrogen and oxygen atoms in total. The number of fused-ring (bicyclic) bond motifs is 1. The van der Waals surface area contributed by atoms with Gasteiger partial charge < -0.3 is 29.6 Å². The minimum atomic E-state index is -0.0720. The first-order valence-electron chi connectivity index (χ1n) is 11.2. The van der Waals surface area contributed by atoms with Crippen molar-refractivity contribution in [2.75, 3.05) is 28.4 Å². The van der Waals surface area contributed by atoms with Crippen molar-refractivity contribution in [1.82, 2.24) is 10.6 Å². The average Bonchev–Trinajstić information content (AvgIpc) is 3.27. The van der Waals surface area contributed by atoms with Crippen LogP contribution in [0.4, 0.5) is 0 Å². The molecule has 1 fully saturated rings. The molecule has 1 saturated carbocycles. The molecule has 1 spiro atoms. The second-order valence-corrected chi connectivity index (χ2v) is 8.35. The number of rotatable bonds is 6. The van der Waals surface area contributed by atoms with Crippen LogP contribution in [0.2, 0.25) is 0 Å². The van der Waals surface area contributed by atoms with Crippen molar-refractivity contribution >= 4 is 29.9 Å². The topological polar surface area (TPSA) is 73.3 Å². The van der Waals surface area contributed by atoms with Crippen molar-refractivity contribution < 1.29 is 18.9 Å². The van der Waals surface area contributed by atoms with Gasteiger partial charge in [-0.1, -0.05) is 18.2 Å². The molecule has 4 rings (SSSR count). The fraction of sp³-hybridized carbons (Fsp3) is 0.480. The van der Waals surface area contributed by atoms with Gasteiger partial charge in [-0.15, -0.1) is 24.0 Å². The van der Waals surface area contributed by atoms with Gasteiger partial charge in [0.2, 0.25) is 5.75 Å². The molecular weight excluding hydrogens is 533 g/mol. The smallest absolute Gasteiger partial charge is 0.203 e. The second-order valence-electron chi connectivity index (χ2n) is 8.35. The molecule has 2 aromatic carbocycles. The van der Waals surface area contributed by atoms with Crippen LogP contribution in [-0.4, -0.2) is 39.9 Å². The predicted molar refractivity (Wildman–Crippen MR) is 140 cm³/mol. The van der Waals surface area contributed by atoms with Gasteiger partial charge in [-0.05, 0) is 43.9 Å². The molecular formula is C25H34IN3O4. The van der Waals surface area contributed by atoms with E-state index >= 15 is 0 Å². The quantitative estimate of drug-likeness (QED) is 0.296. The summed E-state index contributed by atoms with van der Waals surface area (Å²) >= 11 is 0. The highest BCUT2D eigenvalue weighted by Gasteiger charge is 2.43. The summed E-state index contributed by atoms with van der Waals surface area (Å²) in [6.45, 7) is 0.527. The van der Waals surface area contributed by atoms with Crippen LogP contribution >= 0.6 is 24.0 Å². The molecule has 1 unspecified atom stereocenters. The van der Waals surface area contributed by atoms with Gasteiger partial charge in [0.05, 0.1) is 27.4 Å². The van der Waals surface area contributed by atoms with Gasteiger partial charge >= 0.3 is 0 Å². The number of benzene rings is 2. The van der Waals surface area contributed by atoms with Gasteiger partial charge in [-0.25, -0.2) is 0 Å². The summed E-state index contributed by atoms with van der Waals surface area (Å²) in [5, 5.41) is 7.06. The van der Waals surface area contributed by atoms with Crippen LogP contribution in [0.1, 0.15) is 49.3 Å². The first-order chi connectivity index (χ1) is 15.6. The van der Waals surface area contributed by atoms with Crippen molar-refractivity contribution in [2.24, 2.45) is 4.99 Å². The highest BCUT2D eigenvalue weighted by atomic mass is 127. The number of para-hydroxylation sites is 1. The number of methoxy groups -OCH3 is 3. The zero-order valence-electron chi connectivity index (χ0n) is 19.8. The van der Waals surface area contributed by atoms with Crippen LogP contribution in [-0.2, 0) is 6.54 Å². The van der Waals surface area contributed by atoms with E-state index in [-0.39, 0.29) is 35.6 Å². The largest absolute Gasteiger partial charge is 0.493 e. The van der Waals surface area contributed by atoms with E-state index in [1.807, 2.05) is 18.2 Å². The van der Waals surface area contributed by atoms with Crippen molar-refractivity contribution in [3.05, 3.63) is 47.5 Å². The van der Waals surface area contributed by atoms with E-state index < -0.39 is 0 Å². The van der Waals surface area contributed by atoms with Crippen LogP contribution < -0.4 is 29.6 Å².